The third kappa shape index (κ3) is 2.87. The fourth-order valence-corrected chi connectivity index (χ4v) is 0.970. The highest BCUT2D eigenvalue weighted by Crippen LogP contribution is 2.09. The van der Waals surface area contributed by atoms with E-state index in [0.29, 0.717) is 12.1 Å². The maximum absolute atomic E-state index is 11.2. The Morgan fingerprint density at radius 2 is 2.54 bits per heavy atom. The van der Waals surface area contributed by atoms with Crippen LogP contribution in [0, 0.1) is 6.92 Å². The van der Waals surface area contributed by atoms with E-state index in [4.69, 9.17) is 5.73 Å². The van der Waals surface area contributed by atoms with Crippen molar-refractivity contribution >= 4 is 11.6 Å². The molecule has 72 valence electrons. The van der Waals surface area contributed by atoms with Crippen molar-refractivity contribution in [2.45, 2.75) is 26.3 Å². The van der Waals surface area contributed by atoms with Gasteiger partial charge in [-0.15, -0.1) is 0 Å². The fourth-order valence-electron chi connectivity index (χ4n) is 0.970. The van der Waals surface area contributed by atoms with Gasteiger partial charge in [0, 0.05) is 12.5 Å². The van der Waals surface area contributed by atoms with Crippen molar-refractivity contribution in [3.05, 3.63) is 11.9 Å². The number of H-pyrrole nitrogens is 1. The van der Waals surface area contributed by atoms with Crippen LogP contribution in [0.4, 0.5) is 5.69 Å². The summed E-state index contributed by atoms with van der Waals surface area (Å²) in [4.78, 5) is 11.2. The first-order valence-corrected chi connectivity index (χ1v) is 4.15. The Bertz CT molecular complexity index is 292. The minimum absolute atomic E-state index is 0.0838. The fraction of sp³-hybridized carbons (Fsp3) is 0.500. The summed E-state index contributed by atoms with van der Waals surface area (Å²) in [5.74, 6) is -0.0838. The molecule has 0 spiro atoms. The molecule has 0 aromatic carbocycles. The zero-order valence-electron chi connectivity index (χ0n) is 7.79. The smallest absolute Gasteiger partial charge is 0.226 e. The van der Waals surface area contributed by atoms with Gasteiger partial charge in [0.15, 0.2) is 0 Å². The summed E-state index contributed by atoms with van der Waals surface area (Å²) in [5, 5.41) is 9.22. The summed E-state index contributed by atoms with van der Waals surface area (Å²) in [6.07, 6.45) is 1.90. The van der Waals surface area contributed by atoms with Gasteiger partial charge in [-0.2, -0.15) is 5.10 Å². The number of rotatable bonds is 3. The topological polar surface area (TPSA) is 83.8 Å². The van der Waals surface area contributed by atoms with Crippen LogP contribution in [0.25, 0.3) is 0 Å². The quantitative estimate of drug-likeness (QED) is 0.632. The van der Waals surface area contributed by atoms with Gasteiger partial charge < -0.3 is 11.1 Å². The van der Waals surface area contributed by atoms with Crippen molar-refractivity contribution in [1.29, 1.82) is 0 Å². The van der Waals surface area contributed by atoms with Crippen LogP contribution in [0.15, 0.2) is 6.20 Å². The third-order valence-electron chi connectivity index (χ3n) is 1.61. The van der Waals surface area contributed by atoms with Gasteiger partial charge in [0.05, 0.1) is 17.6 Å². The maximum Gasteiger partial charge on any atom is 0.226 e. The summed E-state index contributed by atoms with van der Waals surface area (Å²) < 4.78 is 0. The molecule has 5 nitrogen and oxygen atoms in total. The second-order valence-electron chi connectivity index (χ2n) is 3.14. The first-order chi connectivity index (χ1) is 6.09. The van der Waals surface area contributed by atoms with Crippen molar-refractivity contribution in [3.8, 4) is 0 Å². The van der Waals surface area contributed by atoms with E-state index in [0.717, 1.165) is 5.69 Å². The number of carbonyl (C=O) groups excluding carboxylic acids is 1. The highest BCUT2D eigenvalue weighted by atomic mass is 16.1. The lowest BCUT2D eigenvalue weighted by Gasteiger charge is -2.05. The average molecular weight is 182 g/mol. The molecule has 0 saturated heterocycles. The van der Waals surface area contributed by atoms with E-state index in [2.05, 4.69) is 15.5 Å². The Morgan fingerprint density at radius 1 is 1.85 bits per heavy atom. The lowest BCUT2D eigenvalue weighted by molar-refractivity contribution is -0.116. The van der Waals surface area contributed by atoms with Crippen molar-refractivity contribution in [2.75, 3.05) is 5.32 Å². The van der Waals surface area contributed by atoms with Gasteiger partial charge in [0.1, 0.15) is 0 Å². The van der Waals surface area contributed by atoms with Gasteiger partial charge in [-0.3, -0.25) is 9.89 Å². The second kappa shape index (κ2) is 4.04. The molecule has 1 heterocycles. The molecule has 0 aliphatic rings. The van der Waals surface area contributed by atoms with Crippen LogP contribution in [0.1, 0.15) is 19.0 Å². The highest BCUT2D eigenvalue weighted by molar-refractivity contribution is 5.91. The predicted molar refractivity (Wildman–Crippen MR) is 50.2 cm³/mol. The molecule has 13 heavy (non-hydrogen) atoms. The number of aromatic amines is 1. The van der Waals surface area contributed by atoms with Crippen LogP contribution in [-0.2, 0) is 4.79 Å². The van der Waals surface area contributed by atoms with E-state index >= 15 is 0 Å². The molecule has 0 aliphatic heterocycles. The summed E-state index contributed by atoms with van der Waals surface area (Å²) in [7, 11) is 0. The highest BCUT2D eigenvalue weighted by Gasteiger charge is 2.07. The number of hydrogen-bond acceptors (Lipinski definition) is 3. The molecule has 0 radical (unpaired) electrons. The molecule has 0 bridgehead atoms. The Hall–Kier alpha value is -1.36. The van der Waals surface area contributed by atoms with Crippen LogP contribution in [0.3, 0.4) is 0 Å². The summed E-state index contributed by atoms with van der Waals surface area (Å²) in [6.45, 7) is 3.64. The van der Waals surface area contributed by atoms with E-state index in [-0.39, 0.29) is 11.9 Å². The molecule has 1 aromatic rings. The summed E-state index contributed by atoms with van der Waals surface area (Å²) in [5.41, 5.74) is 7.04. The van der Waals surface area contributed by atoms with Crippen molar-refractivity contribution < 1.29 is 4.79 Å². The first kappa shape index (κ1) is 9.73. The van der Waals surface area contributed by atoms with E-state index in [9.17, 15) is 4.79 Å². The Balaban J connectivity index is 2.50. The SMILES string of the molecule is Cc1[nH]ncc1NC(=O)CC(C)N. The zero-order valence-corrected chi connectivity index (χ0v) is 7.79. The number of carbonyl (C=O) groups is 1. The molecule has 1 amide bonds. The predicted octanol–water partition coefficient (Wildman–Crippen LogP) is 0.394. The number of nitrogens with two attached hydrogens (primary N) is 1. The Kier molecular flexibility index (Phi) is 3.02. The van der Waals surface area contributed by atoms with E-state index < -0.39 is 0 Å². The molecule has 4 N–H and O–H groups in total. The molecule has 0 fully saturated rings. The van der Waals surface area contributed by atoms with Gasteiger partial charge in [-0.25, -0.2) is 0 Å². The summed E-state index contributed by atoms with van der Waals surface area (Å²) >= 11 is 0. The normalized spacial score (nSPS) is 12.5. The molecular formula is C8H14N4O. The zero-order chi connectivity index (χ0) is 9.84. The molecule has 5 heteroatoms. The Morgan fingerprint density at radius 3 is 3.00 bits per heavy atom. The van der Waals surface area contributed by atoms with Gasteiger partial charge in [0.25, 0.3) is 0 Å². The van der Waals surface area contributed by atoms with Crippen LogP contribution in [-0.4, -0.2) is 22.1 Å². The molecule has 1 atom stereocenters. The van der Waals surface area contributed by atoms with Crippen LogP contribution < -0.4 is 11.1 Å². The minimum Gasteiger partial charge on any atom is -0.327 e. The average Bonchev–Trinajstić information content (AvgIpc) is 2.34. The largest absolute Gasteiger partial charge is 0.327 e. The van der Waals surface area contributed by atoms with E-state index in [1.54, 1.807) is 13.1 Å². The lowest BCUT2D eigenvalue weighted by atomic mass is 10.2. The Labute approximate surface area is 76.7 Å². The number of nitrogens with zero attached hydrogens (tertiary/aromatic N) is 1. The molecule has 1 rings (SSSR count). The number of amides is 1. The van der Waals surface area contributed by atoms with Crippen LogP contribution in [0.5, 0.6) is 0 Å². The number of hydrogen-bond donors (Lipinski definition) is 3. The molecular weight excluding hydrogens is 168 g/mol. The van der Waals surface area contributed by atoms with Gasteiger partial charge in [-0.1, -0.05) is 0 Å². The van der Waals surface area contributed by atoms with Gasteiger partial charge >= 0.3 is 0 Å². The molecule has 0 saturated carbocycles. The minimum atomic E-state index is -0.118. The third-order valence-corrected chi connectivity index (χ3v) is 1.61. The summed E-state index contributed by atoms with van der Waals surface area (Å²) in [6, 6.07) is -0.118. The van der Waals surface area contributed by atoms with Crippen LogP contribution >= 0.6 is 0 Å². The van der Waals surface area contributed by atoms with Crippen molar-refractivity contribution in [1.82, 2.24) is 10.2 Å². The number of nitrogens with one attached hydrogen (secondary N) is 2. The molecule has 1 aromatic heterocycles. The number of aryl methyl sites for hydroxylation is 1. The number of anilines is 1. The maximum atomic E-state index is 11.2. The van der Waals surface area contributed by atoms with E-state index in [1.807, 2.05) is 6.92 Å². The number of aromatic nitrogens is 2. The lowest BCUT2D eigenvalue weighted by Crippen LogP contribution is -2.24. The standard InChI is InChI=1S/C8H14N4O/c1-5(9)3-8(13)11-7-4-10-12-6(7)2/h4-5H,3,9H2,1-2H3,(H,10,12)(H,11,13). The second-order valence-corrected chi connectivity index (χ2v) is 3.14. The molecule has 0 aliphatic carbocycles. The molecule has 1 unspecified atom stereocenters. The van der Waals surface area contributed by atoms with E-state index in [1.165, 1.54) is 0 Å². The monoisotopic (exact) mass is 182 g/mol. The van der Waals surface area contributed by atoms with Gasteiger partial charge in [0.2, 0.25) is 5.91 Å². The van der Waals surface area contributed by atoms with Gasteiger partial charge in [-0.05, 0) is 13.8 Å². The first-order valence-electron chi connectivity index (χ1n) is 4.15. The van der Waals surface area contributed by atoms with Crippen LogP contribution in [0.2, 0.25) is 0 Å². The van der Waals surface area contributed by atoms with Crippen molar-refractivity contribution in [3.63, 3.8) is 0 Å². The van der Waals surface area contributed by atoms with Crippen molar-refractivity contribution in [2.24, 2.45) is 5.73 Å².